The first-order valence-electron chi connectivity index (χ1n) is 12.0. The average Bonchev–Trinajstić information content (AvgIpc) is 3.36. The van der Waals surface area contributed by atoms with Crippen LogP contribution < -0.4 is 11.2 Å². The van der Waals surface area contributed by atoms with E-state index >= 15 is 0 Å². The number of carbonyl (C=O) groups excluding carboxylic acids is 1. The summed E-state index contributed by atoms with van der Waals surface area (Å²) < 4.78 is 35.3. The average molecular weight is 512 g/mol. The quantitative estimate of drug-likeness (QED) is 0.545. The zero-order valence-electron chi connectivity index (χ0n) is 21.4. The van der Waals surface area contributed by atoms with E-state index in [0.29, 0.717) is 30.6 Å². The molecule has 0 spiro atoms. The van der Waals surface area contributed by atoms with Crippen LogP contribution in [0.4, 0.5) is 0 Å². The molecule has 0 aromatic carbocycles. The first kappa shape index (κ1) is 27.3. The predicted molar refractivity (Wildman–Crippen MR) is 133 cm³/mol. The Morgan fingerprint density at radius 2 is 1.77 bits per heavy atom. The summed E-state index contributed by atoms with van der Waals surface area (Å²) in [5, 5.41) is 0. The van der Waals surface area contributed by atoms with Crippen LogP contribution in [0.2, 0.25) is 0 Å². The molecule has 12 heteroatoms. The van der Waals surface area contributed by atoms with Crippen LogP contribution in [0.25, 0.3) is 11.2 Å². The normalized spacial score (nSPS) is 23.2. The Hall–Kier alpha value is -2.31. The topological polar surface area (TPSA) is 136 Å². The molecule has 0 saturated heterocycles. The molecule has 2 atom stereocenters. The van der Waals surface area contributed by atoms with E-state index in [1.165, 1.54) is 11.6 Å². The molecule has 0 unspecified atom stereocenters. The number of imidazole rings is 1. The monoisotopic (exact) mass is 511 g/mol. The van der Waals surface area contributed by atoms with E-state index in [1.54, 1.807) is 13.4 Å². The maximum atomic E-state index is 12.2. The van der Waals surface area contributed by atoms with Crippen molar-refractivity contribution >= 4 is 27.1 Å². The van der Waals surface area contributed by atoms with Crippen LogP contribution in [0, 0.1) is 16.7 Å². The number of likely N-dealkylation sites (N-methyl/N-ethyl adjacent to an activating group) is 1. The van der Waals surface area contributed by atoms with Gasteiger partial charge in [-0.3, -0.25) is 23.3 Å². The summed E-state index contributed by atoms with van der Waals surface area (Å²) in [6.45, 7) is 11.6. The molecule has 4 rings (SSSR count). The van der Waals surface area contributed by atoms with E-state index in [0.717, 1.165) is 30.6 Å². The van der Waals surface area contributed by atoms with Crippen molar-refractivity contribution in [3.8, 4) is 0 Å². The van der Waals surface area contributed by atoms with E-state index in [-0.39, 0.29) is 28.4 Å². The van der Waals surface area contributed by atoms with Crippen molar-refractivity contribution < 1.29 is 17.8 Å². The number of nitrogens with zero attached hydrogens (tertiary/aromatic N) is 5. The number of aromatic nitrogens is 4. The summed E-state index contributed by atoms with van der Waals surface area (Å²) in [7, 11) is -0.954. The third-order valence-corrected chi connectivity index (χ3v) is 9.19. The smallest absolute Gasteiger partial charge is 0.323 e. The van der Waals surface area contributed by atoms with Crippen LogP contribution in [-0.2, 0) is 35.6 Å². The molecule has 2 fully saturated rings. The third-order valence-electron chi connectivity index (χ3n) is 8.34. The molecule has 2 bridgehead atoms. The predicted octanol–water partition coefficient (Wildman–Crippen LogP) is 1.05. The molecule has 2 aromatic heterocycles. The highest BCUT2D eigenvalue weighted by Crippen LogP contribution is 2.64. The van der Waals surface area contributed by atoms with Crippen LogP contribution in [0.3, 0.4) is 0 Å². The zero-order chi connectivity index (χ0) is 26.3. The number of aryl methyl sites for hydroxylation is 1. The molecule has 2 aliphatic carbocycles. The first-order chi connectivity index (χ1) is 16.2. The molecule has 2 aromatic rings. The van der Waals surface area contributed by atoms with Gasteiger partial charge in [0, 0.05) is 33.6 Å². The van der Waals surface area contributed by atoms with E-state index in [9.17, 15) is 22.8 Å². The highest BCUT2D eigenvalue weighted by Gasteiger charge is 2.65. The van der Waals surface area contributed by atoms with Crippen LogP contribution >= 0.6 is 0 Å². The fourth-order valence-corrected chi connectivity index (χ4v) is 7.08. The Morgan fingerprint density at radius 1 is 1.14 bits per heavy atom. The first-order valence-corrected chi connectivity index (χ1v) is 13.6. The minimum atomic E-state index is -4.08. The second kappa shape index (κ2) is 9.62. The Balaban J connectivity index is 0.000000203. The minimum absolute atomic E-state index is 0.0152. The molecule has 196 valence electrons. The van der Waals surface area contributed by atoms with Gasteiger partial charge in [0.25, 0.3) is 15.7 Å². The van der Waals surface area contributed by atoms with Crippen molar-refractivity contribution in [2.24, 2.45) is 30.8 Å². The van der Waals surface area contributed by atoms with E-state index in [1.807, 2.05) is 18.4 Å². The molecule has 1 N–H and O–H groups in total. The van der Waals surface area contributed by atoms with Gasteiger partial charge in [-0.25, -0.2) is 9.78 Å². The Bertz CT molecular complexity index is 1330. The van der Waals surface area contributed by atoms with Crippen molar-refractivity contribution in [1.29, 1.82) is 0 Å². The fourth-order valence-electron chi connectivity index (χ4n) is 5.78. The number of hydrogen-bond donors (Lipinski definition) is 1. The van der Waals surface area contributed by atoms with Crippen molar-refractivity contribution in [3.63, 3.8) is 0 Å². The Kier molecular flexibility index (Phi) is 7.50. The van der Waals surface area contributed by atoms with Gasteiger partial charge in [0.15, 0.2) is 11.2 Å². The Labute approximate surface area is 205 Å². The second-order valence-electron chi connectivity index (χ2n) is 10.2. The van der Waals surface area contributed by atoms with E-state index in [4.69, 9.17) is 4.55 Å². The largest absolute Gasteiger partial charge is 0.332 e. The number of carbonyl (C=O) groups is 1. The van der Waals surface area contributed by atoms with Crippen molar-refractivity contribution in [2.45, 2.75) is 53.5 Å². The van der Waals surface area contributed by atoms with Gasteiger partial charge in [0.05, 0.1) is 17.5 Å². The molecule has 0 radical (unpaired) electrons. The second-order valence-corrected chi connectivity index (χ2v) is 11.7. The SMILES string of the molecule is CC1(C)[C@H]2CC[C@@]1(CS(=O)(=O)O)C(=O)C2.CCN(CC)CCn1cnc2c1c(=O)n(C)c(=O)n2C. The van der Waals surface area contributed by atoms with Crippen molar-refractivity contribution in [3.05, 3.63) is 27.2 Å². The van der Waals surface area contributed by atoms with Gasteiger partial charge in [0.1, 0.15) is 5.78 Å². The molecular weight excluding hydrogens is 474 g/mol. The number of rotatable bonds is 7. The number of hydrogen-bond acceptors (Lipinski definition) is 7. The lowest BCUT2D eigenvalue weighted by Crippen LogP contribution is -2.42. The highest BCUT2D eigenvalue weighted by molar-refractivity contribution is 7.85. The van der Waals surface area contributed by atoms with Crippen LogP contribution in [0.5, 0.6) is 0 Å². The van der Waals surface area contributed by atoms with Gasteiger partial charge >= 0.3 is 5.69 Å². The van der Waals surface area contributed by atoms with Crippen molar-refractivity contribution in [1.82, 2.24) is 23.6 Å². The highest BCUT2D eigenvalue weighted by atomic mass is 32.2. The molecule has 35 heavy (non-hydrogen) atoms. The lowest BCUT2D eigenvalue weighted by Gasteiger charge is -2.35. The van der Waals surface area contributed by atoms with Gasteiger partial charge in [-0.2, -0.15) is 8.42 Å². The standard InChI is InChI=1S/C13H21N5O2.C10H16O4S/c1-5-17(6-2)7-8-18-9-14-11-10(18)12(19)16(4)13(20)15(11)3;1-9(2)7-3-4-10(9,8(11)5-7)6-15(12,13)14/h9H,5-8H2,1-4H3;7H,3-6H2,1-2H3,(H,12,13,14)/t;7-,10+/m.0/s1. The third kappa shape index (κ3) is 4.75. The summed E-state index contributed by atoms with van der Waals surface area (Å²) in [6, 6.07) is 0. The number of Topliss-reactive ketones (excluding diaryl/α,β-unsaturated/α-hetero) is 1. The summed E-state index contributed by atoms with van der Waals surface area (Å²) >= 11 is 0. The molecule has 2 aliphatic rings. The number of fused-ring (bicyclic) bond motifs is 3. The lowest BCUT2D eigenvalue weighted by molar-refractivity contribution is -0.128. The molecular formula is C23H37N5O6S. The lowest BCUT2D eigenvalue weighted by atomic mass is 9.70. The zero-order valence-corrected chi connectivity index (χ0v) is 22.3. The summed E-state index contributed by atoms with van der Waals surface area (Å²) in [5.74, 6) is -0.101. The maximum Gasteiger partial charge on any atom is 0.332 e. The molecule has 2 saturated carbocycles. The molecule has 0 amide bonds. The fraction of sp³-hybridized carbons (Fsp3) is 0.739. The summed E-state index contributed by atoms with van der Waals surface area (Å²) in [6.07, 6.45) is 3.61. The van der Waals surface area contributed by atoms with Gasteiger partial charge < -0.3 is 9.47 Å². The summed E-state index contributed by atoms with van der Waals surface area (Å²) in [4.78, 5) is 42.4. The maximum absolute atomic E-state index is 12.2. The van der Waals surface area contributed by atoms with Crippen LogP contribution in [0.15, 0.2) is 15.9 Å². The van der Waals surface area contributed by atoms with Crippen molar-refractivity contribution in [2.75, 3.05) is 25.4 Å². The summed E-state index contributed by atoms with van der Waals surface area (Å²) in [5.41, 5.74) is -0.832. The molecule has 2 heterocycles. The minimum Gasteiger partial charge on any atom is -0.323 e. The van der Waals surface area contributed by atoms with Crippen LogP contribution in [-0.4, -0.2) is 67.7 Å². The van der Waals surface area contributed by atoms with Gasteiger partial charge in [-0.1, -0.05) is 27.7 Å². The van der Waals surface area contributed by atoms with Gasteiger partial charge in [0.2, 0.25) is 0 Å². The molecule has 11 nitrogen and oxygen atoms in total. The number of ketones is 1. The van der Waals surface area contributed by atoms with E-state index < -0.39 is 21.3 Å². The van der Waals surface area contributed by atoms with Crippen LogP contribution in [0.1, 0.15) is 47.0 Å². The molecule has 0 aliphatic heterocycles. The van der Waals surface area contributed by atoms with E-state index in [2.05, 4.69) is 23.7 Å². The van der Waals surface area contributed by atoms with Gasteiger partial charge in [-0.15, -0.1) is 0 Å². The Morgan fingerprint density at radius 3 is 2.26 bits per heavy atom. The van der Waals surface area contributed by atoms with Gasteiger partial charge in [-0.05, 0) is 37.3 Å².